The molecule has 0 aliphatic carbocycles. The quantitative estimate of drug-likeness (QED) is 0.661. The maximum absolute atomic E-state index is 13.4. The molecule has 1 aliphatic rings. The van der Waals surface area contributed by atoms with Gasteiger partial charge in [0.15, 0.2) is 5.11 Å². The van der Waals surface area contributed by atoms with Crippen molar-refractivity contribution in [1.82, 2.24) is 15.5 Å². The molecule has 0 radical (unpaired) electrons. The van der Waals surface area contributed by atoms with Crippen molar-refractivity contribution >= 4 is 28.9 Å². The van der Waals surface area contributed by atoms with Crippen molar-refractivity contribution in [2.75, 3.05) is 25.0 Å². The highest BCUT2D eigenvalue weighted by molar-refractivity contribution is 7.80. The van der Waals surface area contributed by atoms with E-state index in [1.54, 1.807) is 4.90 Å². The molecule has 30 heavy (non-hydrogen) atoms. The fraction of sp³-hybridized carbons (Fsp3) is 0.333. The number of benzene rings is 2. The number of thiocarbonyl (C=S) groups is 1. The minimum atomic E-state index is -0.282. The first kappa shape index (κ1) is 21.8. The molecule has 2 aromatic rings. The van der Waals surface area contributed by atoms with Crippen LogP contribution in [0.3, 0.4) is 0 Å². The molecule has 1 unspecified atom stereocenters. The molecule has 1 heterocycles. The molecule has 2 N–H and O–H groups in total. The summed E-state index contributed by atoms with van der Waals surface area (Å²) in [6.45, 7) is 8.67. The first-order valence-corrected chi connectivity index (χ1v) is 10.8. The van der Waals surface area contributed by atoms with E-state index < -0.39 is 0 Å². The Morgan fingerprint density at radius 1 is 1.03 bits per heavy atom. The van der Waals surface area contributed by atoms with Crippen LogP contribution in [0.1, 0.15) is 37.9 Å². The van der Waals surface area contributed by atoms with E-state index in [2.05, 4.69) is 53.6 Å². The third-order valence-corrected chi connectivity index (χ3v) is 5.68. The maximum Gasteiger partial charge on any atom is 0.254 e. The second-order valence-corrected chi connectivity index (χ2v) is 7.89. The van der Waals surface area contributed by atoms with Crippen LogP contribution in [0.2, 0.25) is 0 Å². The first-order valence-electron chi connectivity index (χ1n) is 10.4. The van der Waals surface area contributed by atoms with Gasteiger partial charge in [0.1, 0.15) is 0 Å². The highest BCUT2D eigenvalue weighted by Gasteiger charge is 2.31. The number of nitrogens with zero attached hydrogens (tertiary/aromatic N) is 2. The van der Waals surface area contributed by atoms with E-state index in [1.807, 2.05) is 44.3 Å². The Bertz CT molecular complexity index is 920. The third-order valence-electron chi connectivity index (χ3n) is 5.46. The lowest BCUT2D eigenvalue weighted by Gasteiger charge is -2.33. The average molecular weight is 423 g/mol. The molecular formula is C24H30N4OS. The highest BCUT2D eigenvalue weighted by Crippen LogP contribution is 2.29. The number of carbonyl (C=O) groups excluding carboxylic acids is 1. The summed E-state index contributed by atoms with van der Waals surface area (Å²) in [5, 5.41) is 6.95. The van der Waals surface area contributed by atoms with Crippen molar-refractivity contribution in [2.45, 2.75) is 33.4 Å². The number of hydrogen-bond acceptors (Lipinski definition) is 3. The van der Waals surface area contributed by atoms with Crippen molar-refractivity contribution in [3.8, 4) is 0 Å². The van der Waals surface area contributed by atoms with Crippen molar-refractivity contribution in [3.05, 3.63) is 77.0 Å². The molecule has 0 spiro atoms. The van der Waals surface area contributed by atoms with E-state index in [-0.39, 0.29) is 11.9 Å². The molecule has 0 saturated heterocycles. The van der Waals surface area contributed by atoms with Crippen LogP contribution in [0.5, 0.6) is 0 Å². The van der Waals surface area contributed by atoms with Crippen LogP contribution in [-0.4, -0.2) is 36.1 Å². The van der Waals surface area contributed by atoms with Crippen molar-refractivity contribution in [2.24, 2.45) is 0 Å². The maximum atomic E-state index is 13.4. The van der Waals surface area contributed by atoms with Gasteiger partial charge in [0.2, 0.25) is 0 Å². The smallest absolute Gasteiger partial charge is 0.254 e. The minimum Gasteiger partial charge on any atom is -0.372 e. The molecular weight excluding hydrogens is 392 g/mol. The Hall–Kier alpha value is -2.86. The zero-order valence-corrected chi connectivity index (χ0v) is 18.9. The second kappa shape index (κ2) is 9.76. The summed E-state index contributed by atoms with van der Waals surface area (Å²) in [4.78, 5) is 17.5. The summed E-state index contributed by atoms with van der Waals surface area (Å²) in [6.07, 6.45) is 0. The molecule has 158 valence electrons. The summed E-state index contributed by atoms with van der Waals surface area (Å²) >= 11 is 5.39. The molecule has 0 aromatic heterocycles. The van der Waals surface area contributed by atoms with Gasteiger partial charge in [0, 0.05) is 38.1 Å². The lowest BCUT2D eigenvalue weighted by atomic mass is 9.94. The number of likely N-dealkylation sites (N-methyl/N-ethyl adjacent to an activating group) is 1. The lowest BCUT2D eigenvalue weighted by molar-refractivity contribution is -0.126. The Labute approximate surface area is 184 Å². The van der Waals surface area contributed by atoms with Crippen LogP contribution in [0.15, 0.2) is 65.9 Å². The summed E-state index contributed by atoms with van der Waals surface area (Å²) in [7, 11) is 1.84. The first-order chi connectivity index (χ1) is 14.4. The average Bonchev–Trinajstić information content (AvgIpc) is 2.75. The van der Waals surface area contributed by atoms with Gasteiger partial charge in [-0.1, -0.05) is 42.5 Å². The third kappa shape index (κ3) is 4.82. The van der Waals surface area contributed by atoms with E-state index in [9.17, 15) is 4.79 Å². The Morgan fingerprint density at radius 3 is 2.27 bits per heavy atom. The fourth-order valence-electron chi connectivity index (χ4n) is 3.83. The molecule has 1 amide bonds. The number of allylic oxidation sites excluding steroid dienone is 1. The normalized spacial score (nSPS) is 16.0. The largest absolute Gasteiger partial charge is 0.372 e. The number of amides is 1. The summed E-state index contributed by atoms with van der Waals surface area (Å²) in [5.41, 5.74) is 4.78. The van der Waals surface area contributed by atoms with Gasteiger partial charge in [0.25, 0.3) is 5.91 Å². The van der Waals surface area contributed by atoms with Crippen LogP contribution in [0.4, 0.5) is 5.69 Å². The Balaban J connectivity index is 1.88. The zero-order chi connectivity index (χ0) is 21.7. The fourth-order valence-corrected chi connectivity index (χ4v) is 4.10. The van der Waals surface area contributed by atoms with E-state index >= 15 is 0 Å². The molecule has 0 saturated carbocycles. The van der Waals surface area contributed by atoms with Crippen LogP contribution < -0.4 is 15.5 Å². The van der Waals surface area contributed by atoms with E-state index in [0.29, 0.717) is 17.2 Å². The standard InChI is InChI=1S/C24H30N4OS/c1-5-28(6-2)20-14-12-19(13-15-20)22-21(17(3)25-24(30)26-22)23(29)27(4)16-18-10-8-7-9-11-18/h7-15,22H,5-6,16H2,1-4H3,(H2,25,26,30). The van der Waals surface area contributed by atoms with Gasteiger partial charge in [-0.05, 0) is 56.2 Å². The molecule has 1 atom stereocenters. The molecule has 3 rings (SSSR count). The summed E-state index contributed by atoms with van der Waals surface area (Å²) < 4.78 is 0. The van der Waals surface area contributed by atoms with Crippen LogP contribution in [0, 0.1) is 0 Å². The van der Waals surface area contributed by atoms with Crippen molar-refractivity contribution in [1.29, 1.82) is 0 Å². The highest BCUT2D eigenvalue weighted by atomic mass is 32.1. The number of rotatable bonds is 7. The molecule has 6 heteroatoms. The van der Waals surface area contributed by atoms with Crippen LogP contribution in [-0.2, 0) is 11.3 Å². The van der Waals surface area contributed by atoms with Gasteiger partial charge in [-0.15, -0.1) is 0 Å². The monoisotopic (exact) mass is 422 g/mol. The number of nitrogens with one attached hydrogen (secondary N) is 2. The lowest BCUT2D eigenvalue weighted by Crippen LogP contribution is -2.47. The molecule has 5 nitrogen and oxygen atoms in total. The molecule has 1 aliphatic heterocycles. The summed E-state index contributed by atoms with van der Waals surface area (Å²) in [5.74, 6) is -0.0170. The number of anilines is 1. The topological polar surface area (TPSA) is 47.6 Å². The summed E-state index contributed by atoms with van der Waals surface area (Å²) in [6, 6.07) is 18.1. The van der Waals surface area contributed by atoms with Gasteiger partial charge >= 0.3 is 0 Å². The predicted octanol–water partition coefficient (Wildman–Crippen LogP) is 3.98. The van der Waals surface area contributed by atoms with Crippen LogP contribution >= 0.6 is 12.2 Å². The van der Waals surface area contributed by atoms with Crippen LogP contribution in [0.25, 0.3) is 0 Å². The molecule has 0 fully saturated rings. The van der Waals surface area contributed by atoms with Gasteiger partial charge in [0.05, 0.1) is 11.6 Å². The Morgan fingerprint density at radius 2 is 1.67 bits per heavy atom. The second-order valence-electron chi connectivity index (χ2n) is 7.48. The van der Waals surface area contributed by atoms with E-state index in [1.165, 1.54) is 5.69 Å². The SMILES string of the molecule is CCN(CC)c1ccc(C2NC(=S)NC(C)=C2C(=O)N(C)Cc2ccccc2)cc1. The Kier molecular flexibility index (Phi) is 7.11. The van der Waals surface area contributed by atoms with Crippen molar-refractivity contribution in [3.63, 3.8) is 0 Å². The van der Waals surface area contributed by atoms with E-state index in [0.717, 1.165) is 29.9 Å². The van der Waals surface area contributed by atoms with Gasteiger partial charge < -0.3 is 20.4 Å². The van der Waals surface area contributed by atoms with E-state index in [4.69, 9.17) is 12.2 Å². The van der Waals surface area contributed by atoms with Gasteiger partial charge in [-0.2, -0.15) is 0 Å². The predicted molar refractivity (Wildman–Crippen MR) is 127 cm³/mol. The minimum absolute atomic E-state index is 0.0170. The number of hydrogen-bond donors (Lipinski definition) is 2. The van der Waals surface area contributed by atoms with Gasteiger partial charge in [-0.3, -0.25) is 4.79 Å². The van der Waals surface area contributed by atoms with Crippen molar-refractivity contribution < 1.29 is 4.79 Å². The molecule has 0 bridgehead atoms. The van der Waals surface area contributed by atoms with Gasteiger partial charge in [-0.25, -0.2) is 0 Å². The number of carbonyl (C=O) groups is 1. The molecule has 2 aromatic carbocycles. The zero-order valence-electron chi connectivity index (χ0n) is 18.1.